The summed E-state index contributed by atoms with van der Waals surface area (Å²) in [5.41, 5.74) is 6.06. The number of thioether (sulfide) groups is 1. The van der Waals surface area contributed by atoms with Crippen LogP contribution in [0.3, 0.4) is 0 Å². The van der Waals surface area contributed by atoms with E-state index in [1.54, 1.807) is 24.8 Å². The maximum absolute atomic E-state index is 12.1. The lowest BCUT2D eigenvalue weighted by molar-refractivity contribution is 0.0999. The zero-order valence-electron chi connectivity index (χ0n) is 11.8. The van der Waals surface area contributed by atoms with E-state index in [-0.39, 0.29) is 23.6 Å². The zero-order valence-corrected chi connectivity index (χ0v) is 13.5. The predicted octanol–water partition coefficient (Wildman–Crippen LogP) is 0.488. The number of primary amides is 1. The first kappa shape index (κ1) is 18.0. The molecule has 1 aromatic carbocycles. The highest BCUT2D eigenvalue weighted by Crippen LogP contribution is 2.15. The number of aryl methyl sites for hydroxylation is 1. The van der Waals surface area contributed by atoms with Crippen molar-refractivity contribution in [1.82, 2.24) is 4.72 Å². The second-order valence-electron chi connectivity index (χ2n) is 4.43. The van der Waals surface area contributed by atoms with Gasteiger partial charge in [0.25, 0.3) is 0 Å². The molecule has 0 aliphatic carbocycles. The van der Waals surface area contributed by atoms with Gasteiger partial charge in [0.1, 0.15) is 0 Å². The molecule has 21 heavy (non-hydrogen) atoms. The van der Waals surface area contributed by atoms with Crippen LogP contribution < -0.4 is 10.5 Å². The van der Waals surface area contributed by atoms with E-state index in [2.05, 4.69) is 4.72 Å². The van der Waals surface area contributed by atoms with Crippen LogP contribution in [0.25, 0.3) is 0 Å². The number of benzene rings is 1. The van der Waals surface area contributed by atoms with Crippen LogP contribution in [0.2, 0.25) is 0 Å². The molecule has 0 aliphatic heterocycles. The van der Waals surface area contributed by atoms with E-state index in [9.17, 15) is 13.2 Å². The predicted molar refractivity (Wildman–Crippen MR) is 83.9 cm³/mol. The van der Waals surface area contributed by atoms with Gasteiger partial charge in [0, 0.05) is 24.5 Å². The van der Waals surface area contributed by atoms with Crippen LogP contribution >= 0.6 is 11.8 Å². The molecule has 0 heterocycles. The average molecular weight is 332 g/mol. The molecule has 4 N–H and O–H groups in total. The van der Waals surface area contributed by atoms with Crippen molar-refractivity contribution in [3.05, 3.63) is 29.3 Å². The number of carbonyl (C=O) groups is 1. The van der Waals surface area contributed by atoms with Gasteiger partial charge in [0.05, 0.1) is 4.90 Å². The summed E-state index contributed by atoms with van der Waals surface area (Å²) in [5.74, 6) is 0.756. The maximum Gasteiger partial charge on any atom is 0.249 e. The summed E-state index contributed by atoms with van der Waals surface area (Å²) >= 11 is 1.56. The molecule has 6 nitrogen and oxygen atoms in total. The highest BCUT2D eigenvalue weighted by Gasteiger charge is 2.16. The van der Waals surface area contributed by atoms with Crippen molar-refractivity contribution in [3.63, 3.8) is 0 Å². The van der Waals surface area contributed by atoms with E-state index in [1.165, 1.54) is 12.1 Å². The van der Waals surface area contributed by atoms with Gasteiger partial charge >= 0.3 is 0 Å². The van der Waals surface area contributed by atoms with Gasteiger partial charge in [0.2, 0.25) is 15.9 Å². The van der Waals surface area contributed by atoms with Crippen LogP contribution in [0, 0.1) is 6.92 Å². The van der Waals surface area contributed by atoms with Gasteiger partial charge in [0.15, 0.2) is 0 Å². The number of hydrogen-bond acceptors (Lipinski definition) is 5. The van der Waals surface area contributed by atoms with E-state index < -0.39 is 15.9 Å². The summed E-state index contributed by atoms with van der Waals surface area (Å²) in [6.45, 7) is 2.12. The molecule has 8 heteroatoms. The lowest BCUT2D eigenvalue weighted by Gasteiger charge is -2.09. The van der Waals surface area contributed by atoms with Crippen molar-refractivity contribution in [1.29, 1.82) is 0 Å². The van der Waals surface area contributed by atoms with Crippen LogP contribution in [0.15, 0.2) is 23.1 Å². The highest BCUT2D eigenvalue weighted by molar-refractivity contribution is 7.99. The highest BCUT2D eigenvalue weighted by atomic mass is 32.2. The average Bonchev–Trinajstić information content (AvgIpc) is 2.42. The normalized spacial score (nSPS) is 11.5. The van der Waals surface area contributed by atoms with Crippen LogP contribution in [-0.2, 0) is 10.0 Å². The number of nitrogens with two attached hydrogens (primary N) is 1. The molecule has 1 aromatic rings. The molecule has 0 aliphatic rings. The topological polar surface area (TPSA) is 109 Å². The van der Waals surface area contributed by atoms with Crippen molar-refractivity contribution < 1.29 is 18.3 Å². The van der Waals surface area contributed by atoms with Gasteiger partial charge < -0.3 is 10.8 Å². The van der Waals surface area contributed by atoms with Crippen molar-refractivity contribution >= 4 is 27.7 Å². The number of aliphatic hydroxyl groups is 1. The summed E-state index contributed by atoms with van der Waals surface area (Å²) in [7, 11) is -3.65. The molecule has 0 unspecified atom stereocenters. The Balaban J connectivity index is 2.66. The molecule has 0 saturated carbocycles. The minimum Gasteiger partial charge on any atom is -0.396 e. The molecular formula is C13H20N2O4S2. The van der Waals surface area contributed by atoms with E-state index in [0.29, 0.717) is 17.7 Å². The molecule has 118 valence electrons. The second-order valence-corrected chi connectivity index (χ2v) is 7.42. The Labute approximate surface area is 129 Å². The number of nitrogens with one attached hydrogen (secondary N) is 1. The number of aliphatic hydroxyl groups excluding tert-OH is 1. The number of hydrogen-bond donors (Lipinski definition) is 3. The summed E-state index contributed by atoms with van der Waals surface area (Å²) in [4.78, 5) is 11.3. The van der Waals surface area contributed by atoms with Crippen molar-refractivity contribution in [3.8, 4) is 0 Å². The molecule has 0 fully saturated rings. The molecule has 0 spiro atoms. The Bertz CT molecular complexity index is 588. The van der Waals surface area contributed by atoms with Crippen molar-refractivity contribution in [2.24, 2.45) is 5.73 Å². The van der Waals surface area contributed by atoms with Gasteiger partial charge in [-0.2, -0.15) is 11.8 Å². The minimum atomic E-state index is -3.65. The summed E-state index contributed by atoms with van der Waals surface area (Å²) in [6, 6.07) is 4.30. The lowest BCUT2D eigenvalue weighted by atomic mass is 10.1. The fourth-order valence-electron chi connectivity index (χ4n) is 1.63. The first-order chi connectivity index (χ1) is 9.88. The van der Waals surface area contributed by atoms with Crippen molar-refractivity contribution in [2.45, 2.75) is 18.2 Å². The number of carbonyl (C=O) groups excluding carboxylic acids is 1. The fourth-order valence-corrected chi connectivity index (χ4v) is 3.60. The number of sulfonamides is 1. The van der Waals surface area contributed by atoms with Crippen LogP contribution in [0.5, 0.6) is 0 Å². The SMILES string of the molecule is Cc1ccc(S(=O)(=O)NCCSCCCO)cc1C(N)=O. The Morgan fingerprint density at radius 2 is 2.10 bits per heavy atom. The largest absolute Gasteiger partial charge is 0.396 e. The van der Waals surface area contributed by atoms with Gasteiger partial charge in [-0.15, -0.1) is 0 Å². The first-order valence-corrected chi connectivity index (χ1v) is 9.11. The standard InChI is InChI=1S/C13H20N2O4S2/c1-10-3-4-11(9-12(10)13(14)17)21(18,19)15-5-8-20-7-2-6-16/h3-4,9,15-16H,2,5-8H2,1H3,(H2,14,17). The Hall–Kier alpha value is -1.09. The molecule has 0 bridgehead atoms. The fraction of sp³-hybridized carbons (Fsp3) is 0.462. The third-order valence-electron chi connectivity index (χ3n) is 2.77. The van der Waals surface area contributed by atoms with Crippen LogP contribution in [0.4, 0.5) is 0 Å². The van der Waals surface area contributed by atoms with Gasteiger partial charge in [-0.05, 0) is 36.8 Å². The van der Waals surface area contributed by atoms with E-state index in [1.807, 2.05) is 0 Å². The molecule has 1 rings (SSSR count). The molecular weight excluding hydrogens is 312 g/mol. The smallest absolute Gasteiger partial charge is 0.249 e. The monoisotopic (exact) mass is 332 g/mol. The second kappa shape index (κ2) is 8.38. The Kier molecular flexibility index (Phi) is 7.16. The van der Waals surface area contributed by atoms with E-state index >= 15 is 0 Å². The molecule has 0 saturated heterocycles. The number of rotatable bonds is 9. The maximum atomic E-state index is 12.1. The summed E-state index contributed by atoms with van der Waals surface area (Å²) in [5, 5.41) is 8.63. The van der Waals surface area contributed by atoms with Gasteiger partial charge in [-0.1, -0.05) is 6.07 Å². The third kappa shape index (κ3) is 5.66. The van der Waals surface area contributed by atoms with Gasteiger partial charge in [-0.25, -0.2) is 13.1 Å². The van der Waals surface area contributed by atoms with Gasteiger partial charge in [-0.3, -0.25) is 4.79 Å². The molecule has 0 atom stereocenters. The zero-order chi connectivity index (χ0) is 15.9. The first-order valence-electron chi connectivity index (χ1n) is 6.47. The van der Waals surface area contributed by atoms with Crippen LogP contribution in [-0.4, -0.2) is 44.1 Å². The Morgan fingerprint density at radius 3 is 2.71 bits per heavy atom. The minimum absolute atomic E-state index is 0.0299. The lowest BCUT2D eigenvalue weighted by Crippen LogP contribution is -2.26. The third-order valence-corrected chi connectivity index (χ3v) is 5.30. The molecule has 1 amide bonds. The van der Waals surface area contributed by atoms with E-state index in [4.69, 9.17) is 10.8 Å². The van der Waals surface area contributed by atoms with Crippen LogP contribution in [0.1, 0.15) is 22.3 Å². The summed E-state index contributed by atoms with van der Waals surface area (Å²) in [6.07, 6.45) is 0.692. The quantitative estimate of drug-likeness (QED) is 0.570. The van der Waals surface area contributed by atoms with Crippen molar-refractivity contribution in [2.75, 3.05) is 24.7 Å². The Morgan fingerprint density at radius 1 is 1.38 bits per heavy atom. The van der Waals surface area contributed by atoms with E-state index in [0.717, 1.165) is 5.75 Å². The number of amides is 1. The molecule has 0 aromatic heterocycles. The summed E-state index contributed by atoms with van der Waals surface area (Å²) < 4.78 is 26.7. The molecule has 0 radical (unpaired) electrons.